The molecule has 0 radical (unpaired) electrons. The third-order valence-electron chi connectivity index (χ3n) is 3.53. The van der Waals surface area contributed by atoms with Crippen LogP contribution in [0.3, 0.4) is 0 Å². The number of carbonyl (C=O) groups excluding carboxylic acids is 1. The summed E-state index contributed by atoms with van der Waals surface area (Å²) in [6.07, 6.45) is 1.39. The van der Waals surface area contributed by atoms with Crippen LogP contribution in [0.25, 0.3) is 5.78 Å². The number of benzene rings is 1. The molecule has 0 saturated heterocycles. The van der Waals surface area contributed by atoms with E-state index in [0.29, 0.717) is 6.54 Å². The van der Waals surface area contributed by atoms with Crippen molar-refractivity contribution in [3.63, 3.8) is 0 Å². The first-order valence-electron chi connectivity index (χ1n) is 8.04. The van der Waals surface area contributed by atoms with Gasteiger partial charge in [-0.3, -0.25) is 4.79 Å². The third-order valence-corrected chi connectivity index (χ3v) is 3.53. The molecule has 0 spiro atoms. The molecular formula is C17H17FN4O4. The van der Waals surface area contributed by atoms with Crippen LogP contribution in [0.5, 0.6) is 6.01 Å². The predicted octanol–water partition coefficient (Wildman–Crippen LogP) is 1.46. The van der Waals surface area contributed by atoms with Gasteiger partial charge in [-0.2, -0.15) is 9.50 Å². The Balaban J connectivity index is 2.12. The van der Waals surface area contributed by atoms with Crippen molar-refractivity contribution < 1.29 is 18.7 Å². The number of hydrogen-bond acceptors (Lipinski definition) is 6. The van der Waals surface area contributed by atoms with E-state index < -0.39 is 18.2 Å². The van der Waals surface area contributed by atoms with Crippen molar-refractivity contribution in [2.45, 2.75) is 13.5 Å². The molecule has 0 saturated carbocycles. The van der Waals surface area contributed by atoms with Crippen molar-refractivity contribution in [1.82, 2.24) is 19.2 Å². The van der Waals surface area contributed by atoms with Gasteiger partial charge in [-0.25, -0.2) is 9.18 Å². The van der Waals surface area contributed by atoms with Crippen molar-refractivity contribution in [2.24, 2.45) is 0 Å². The SMILES string of the molecule is CCOC(=O)c1cn(Cc2ccccc2)c2nc(OCCF)nn2c1=O. The number of nitrogens with zero attached hydrogens (tertiary/aromatic N) is 4. The highest BCUT2D eigenvalue weighted by Crippen LogP contribution is 2.11. The predicted molar refractivity (Wildman–Crippen MR) is 90.2 cm³/mol. The minimum absolute atomic E-state index is 0.136. The van der Waals surface area contributed by atoms with Gasteiger partial charge in [0.25, 0.3) is 5.56 Å². The molecular weight excluding hydrogens is 343 g/mol. The lowest BCUT2D eigenvalue weighted by atomic mass is 10.2. The molecule has 2 aromatic heterocycles. The molecule has 3 rings (SSSR count). The van der Waals surface area contributed by atoms with E-state index in [1.807, 2.05) is 30.3 Å². The number of fused-ring (bicyclic) bond motifs is 1. The number of alkyl halides is 1. The first kappa shape index (κ1) is 17.6. The number of halogens is 1. The first-order chi connectivity index (χ1) is 12.6. The molecule has 0 aliphatic rings. The summed E-state index contributed by atoms with van der Waals surface area (Å²) in [5.41, 5.74) is 0.0877. The maximum absolute atomic E-state index is 12.6. The average molecular weight is 360 g/mol. The van der Waals surface area contributed by atoms with Crippen LogP contribution < -0.4 is 10.3 Å². The summed E-state index contributed by atoms with van der Waals surface area (Å²) in [4.78, 5) is 28.8. The van der Waals surface area contributed by atoms with Gasteiger partial charge in [0, 0.05) is 6.20 Å². The third kappa shape index (κ3) is 3.56. The molecule has 0 atom stereocenters. The molecule has 0 amide bonds. The Morgan fingerprint density at radius 3 is 2.73 bits per heavy atom. The Kier molecular flexibility index (Phi) is 5.26. The fourth-order valence-corrected chi connectivity index (χ4v) is 2.43. The zero-order chi connectivity index (χ0) is 18.5. The Labute approximate surface area is 147 Å². The molecule has 0 aliphatic carbocycles. The van der Waals surface area contributed by atoms with E-state index in [4.69, 9.17) is 9.47 Å². The number of hydrogen-bond donors (Lipinski definition) is 0. The van der Waals surface area contributed by atoms with Crippen LogP contribution in [0.4, 0.5) is 4.39 Å². The van der Waals surface area contributed by atoms with E-state index in [1.54, 1.807) is 11.5 Å². The van der Waals surface area contributed by atoms with Gasteiger partial charge in [0.15, 0.2) is 0 Å². The smallest absolute Gasteiger partial charge is 0.345 e. The molecule has 0 fully saturated rings. The molecule has 0 unspecified atom stereocenters. The minimum atomic E-state index is -0.747. The van der Waals surface area contributed by atoms with Gasteiger partial charge in [-0.1, -0.05) is 30.3 Å². The fraction of sp³-hybridized carbons (Fsp3) is 0.294. The Bertz CT molecular complexity index is 968. The summed E-state index contributed by atoms with van der Waals surface area (Å²) in [7, 11) is 0. The molecule has 136 valence electrons. The van der Waals surface area contributed by atoms with Crippen LogP contribution in [-0.2, 0) is 11.3 Å². The monoisotopic (exact) mass is 360 g/mol. The van der Waals surface area contributed by atoms with E-state index in [-0.39, 0.29) is 30.6 Å². The average Bonchev–Trinajstić information content (AvgIpc) is 3.08. The van der Waals surface area contributed by atoms with Crippen molar-refractivity contribution in [2.75, 3.05) is 19.9 Å². The van der Waals surface area contributed by atoms with E-state index >= 15 is 0 Å². The maximum Gasteiger partial charge on any atom is 0.345 e. The van der Waals surface area contributed by atoms with Crippen molar-refractivity contribution in [3.8, 4) is 6.01 Å². The number of rotatable bonds is 7. The summed E-state index contributed by atoms with van der Waals surface area (Å²) in [6, 6.07) is 9.30. The number of ether oxygens (including phenoxy) is 2. The standard InChI is InChI=1S/C17H17FN4O4/c1-2-25-15(24)13-11-21(10-12-6-4-3-5-7-12)17-19-16(26-9-8-18)20-22(17)14(13)23/h3-7,11H,2,8-10H2,1H3. The zero-order valence-electron chi connectivity index (χ0n) is 14.1. The van der Waals surface area contributed by atoms with Crippen LogP contribution in [0.2, 0.25) is 0 Å². The molecule has 2 heterocycles. The molecule has 26 heavy (non-hydrogen) atoms. The van der Waals surface area contributed by atoms with Gasteiger partial charge >= 0.3 is 12.0 Å². The van der Waals surface area contributed by atoms with Gasteiger partial charge in [0.1, 0.15) is 18.8 Å². The number of carbonyl (C=O) groups is 1. The normalized spacial score (nSPS) is 10.8. The lowest BCUT2D eigenvalue weighted by Gasteiger charge is -2.10. The second kappa shape index (κ2) is 7.77. The summed E-state index contributed by atoms with van der Waals surface area (Å²) >= 11 is 0. The fourth-order valence-electron chi connectivity index (χ4n) is 2.43. The van der Waals surface area contributed by atoms with Gasteiger partial charge < -0.3 is 14.0 Å². The molecule has 0 N–H and O–H groups in total. The maximum atomic E-state index is 12.6. The van der Waals surface area contributed by atoms with Crippen molar-refractivity contribution >= 4 is 11.7 Å². The highest BCUT2D eigenvalue weighted by atomic mass is 19.1. The van der Waals surface area contributed by atoms with Gasteiger partial charge in [0.2, 0.25) is 5.78 Å². The second-order valence-corrected chi connectivity index (χ2v) is 5.33. The lowest BCUT2D eigenvalue weighted by Crippen LogP contribution is -2.27. The van der Waals surface area contributed by atoms with E-state index in [1.165, 1.54) is 6.20 Å². The van der Waals surface area contributed by atoms with E-state index in [0.717, 1.165) is 10.1 Å². The topological polar surface area (TPSA) is 87.7 Å². The summed E-state index contributed by atoms with van der Waals surface area (Å²) < 4.78 is 24.9. The summed E-state index contributed by atoms with van der Waals surface area (Å²) in [6.45, 7) is 1.19. The minimum Gasteiger partial charge on any atom is -0.462 e. The van der Waals surface area contributed by atoms with Crippen LogP contribution in [0.15, 0.2) is 41.3 Å². The largest absolute Gasteiger partial charge is 0.462 e. The van der Waals surface area contributed by atoms with Gasteiger partial charge in [0.05, 0.1) is 13.2 Å². The molecule has 8 nitrogen and oxygen atoms in total. The van der Waals surface area contributed by atoms with E-state index in [2.05, 4.69) is 10.1 Å². The molecule has 0 bridgehead atoms. The Hall–Kier alpha value is -3.23. The Morgan fingerprint density at radius 1 is 1.27 bits per heavy atom. The second-order valence-electron chi connectivity index (χ2n) is 5.33. The lowest BCUT2D eigenvalue weighted by molar-refractivity contribution is 0.0522. The summed E-state index contributed by atoms with van der Waals surface area (Å²) in [5.74, 6) is -0.566. The Morgan fingerprint density at radius 2 is 2.04 bits per heavy atom. The van der Waals surface area contributed by atoms with Crippen molar-refractivity contribution in [3.05, 3.63) is 58.0 Å². The quantitative estimate of drug-likeness (QED) is 0.593. The van der Waals surface area contributed by atoms with E-state index in [9.17, 15) is 14.0 Å². The van der Waals surface area contributed by atoms with Crippen LogP contribution in [0, 0.1) is 0 Å². The molecule has 0 aliphatic heterocycles. The molecule has 3 aromatic rings. The highest BCUT2D eigenvalue weighted by Gasteiger charge is 2.20. The summed E-state index contributed by atoms with van der Waals surface area (Å²) in [5, 5.41) is 3.93. The van der Waals surface area contributed by atoms with Crippen LogP contribution in [0.1, 0.15) is 22.8 Å². The molecule has 9 heteroatoms. The first-order valence-corrected chi connectivity index (χ1v) is 8.04. The van der Waals surface area contributed by atoms with Crippen LogP contribution in [-0.4, -0.2) is 45.0 Å². The number of aromatic nitrogens is 4. The highest BCUT2D eigenvalue weighted by molar-refractivity contribution is 5.88. The van der Waals surface area contributed by atoms with Gasteiger partial charge in [-0.05, 0) is 12.5 Å². The van der Waals surface area contributed by atoms with Crippen LogP contribution >= 0.6 is 0 Å². The number of esters is 1. The zero-order valence-corrected chi connectivity index (χ0v) is 14.1. The van der Waals surface area contributed by atoms with Crippen molar-refractivity contribution in [1.29, 1.82) is 0 Å². The van der Waals surface area contributed by atoms with Gasteiger partial charge in [-0.15, -0.1) is 5.10 Å². The molecule has 1 aromatic carbocycles.